The Balaban J connectivity index is 1.77. The van der Waals surface area contributed by atoms with Gasteiger partial charge in [0.25, 0.3) is 11.8 Å². The van der Waals surface area contributed by atoms with Gasteiger partial charge in [-0.05, 0) is 36.1 Å². The van der Waals surface area contributed by atoms with Crippen LogP contribution in [-0.4, -0.2) is 45.3 Å². The molecule has 2 aromatic rings. The highest BCUT2D eigenvalue weighted by Crippen LogP contribution is 2.24. The van der Waals surface area contributed by atoms with Crippen molar-refractivity contribution >= 4 is 29.3 Å². The van der Waals surface area contributed by atoms with E-state index in [0.29, 0.717) is 6.54 Å². The molecule has 0 aromatic heterocycles. The van der Waals surface area contributed by atoms with E-state index in [1.807, 2.05) is 61.8 Å². The molecule has 0 saturated carbocycles. The lowest BCUT2D eigenvalue weighted by molar-refractivity contribution is -0.862. The fourth-order valence-electron chi connectivity index (χ4n) is 2.60. The number of carbonyl (C=O) groups excluding carboxylic acids is 2. The van der Waals surface area contributed by atoms with Crippen LogP contribution in [0, 0.1) is 0 Å². The second-order valence-corrected chi connectivity index (χ2v) is 7.04. The Labute approximate surface area is 164 Å². The molecule has 0 aliphatic carbocycles. The molecule has 0 spiro atoms. The lowest BCUT2D eigenvalue weighted by atomic mass is 10.2. The van der Waals surface area contributed by atoms with Crippen LogP contribution < -0.4 is 20.3 Å². The van der Waals surface area contributed by atoms with Gasteiger partial charge in [0.1, 0.15) is 5.75 Å². The zero-order chi connectivity index (χ0) is 19.6. The Morgan fingerprint density at radius 3 is 2.56 bits per heavy atom. The highest BCUT2D eigenvalue weighted by atomic mass is 32.2. The third-order valence-electron chi connectivity index (χ3n) is 3.93. The molecule has 1 atom stereocenters. The molecule has 6 nitrogen and oxygen atoms in total. The van der Waals surface area contributed by atoms with Gasteiger partial charge in [0.05, 0.1) is 19.8 Å². The van der Waals surface area contributed by atoms with Crippen LogP contribution in [0.2, 0.25) is 0 Å². The van der Waals surface area contributed by atoms with Gasteiger partial charge in [0.2, 0.25) is 0 Å². The van der Waals surface area contributed by atoms with Crippen molar-refractivity contribution in [3.8, 4) is 5.75 Å². The lowest BCUT2D eigenvalue weighted by Gasteiger charge is -2.15. The van der Waals surface area contributed by atoms with Crippen LogP contribution in [0.1, 0.15) is 5.56 Å². The normalized spacial score (nSPS) is 11.5. The van der Waals surface area contributed by atoms with Crippen LogP contribution in [0.4, 0.5) is 5.69 Å². The summed E-state index contributed by atoms with van der Waals surface area (Å²) in [5, 5.41) is 5.78. The first-order valence-electron chi connectivity index (χ1n) is 8.65. The average Bonchev–Trinajstić information content (AvgIpc) is 2.66. The molecular formula is C20H26N3O3S+. The molecule has 0 bridgehead atoms. The number of ether oxygens (including phenoxy) is 1. The molecule has 7 heteroatoms. The molecule has 0 fully saturated rings. The number of carbonyl (C=O) groups is 2. The van der Waals surface area contributed by atoms with E-state index in [1.54, 1.807) is 18.9 Å². The molecule has 0 radical (unpaired) electrons. The number of hydrogen-bond donors (Lipinski definition) is 3. The maximum absolute atomic E-state index is 12.2. The van der Waals surface area contributed by atoms with Crippen molar-refractivity contribution in [2.75, 3.05) is 38.8 Å². The van der Waals surface area contributed by atoms with Gasteiger partial charge in [-0.15, -0.1) is 11.8 Å². The summed E-state index contributed by atoms with van der Waals surface area (Å²) in [7, 11) is 3.43. The van der Waals surface area contributed by atoms with E-state index < -0.39 is 0 Å². The Kier molecular flexibility index (Phi) is 8.16. The number of quaternary nitrogens is 1. The topological polar surface area (TPSA) is 71.9 Å². The lowest BCUT2D eigenvalue weighted by Crippen LogP contribution is -3.11. The van der Waals surface area contributed by atoms with Crippen molar-refractivity contribution in [1.29, 1.82) is 0 Å². The van der Waals surface area contributed by atoms with Gasteiger partial charge in [0.15, 0.2) is 13.1 Å². The molecule has 0 aliphatic heterocycles. The number of anilines is 1. The number of hydrogen-bond acceptors (Lipinski definition) is 4. The van der Waals surface area contributed by atoms with Crippen LogP contribution in [-0.2, 0) is 16.1 Å². The van der Waals surface area contributed by atoms with Crippen LogP contribution in [0.25, 0.3) is 0 Å². The van der Waals surface area contributed by atoms with E-state index in [9.17, 15) is 9.59 Å². The molecule has 2 aromatic carbocycles. The third-order valence-corrected chi connectivity index (χ3v) is 4.73. The van der Waals surface area contributed by atoms with Gasteiger partial charge >= 0.3 is 0 Å². The van der Waals surface area contributed by atoms with Crippen LogP contribution in [0.3, 0.4) is 0 Å². The smallest absolute Gasteiger partial charge is 0.279 e. The summed E-state index contributed by atoms with van der Waals surface area (Å²) in [5.41, 5.74) is 1.76. The number of likely N-dealkylation sites (N-methyl/N-ethyl adjacent to an activating group) is 1. The molecule has 3 N–H and O–H groups in total. The number of amides is 2. The van der Waals surface area contributed by atoms with Crippen molar-refractivity contribution in [2.24, 2.45) is 0 Å². The summed E-state index contributed by atoms with van der Waals surface area (Å²) in [6.07, 6.45) is 1.97. The third kappa shape index (κ3) is 6.96. The van der Waals surface area contributed by atoms with E-state index >= 15 is 0 Å². The maximum Gasteiger partial charge on any atom is 0.279 e. The molecular weight excluding hydrogens is 362 g/mol. The van der Waals surface area contributed by atoms with Crippen LogP contribution >= 0.6 is 11.8 Å². The fraction of sp³-hybridized carbons (Fsp3) is 0.300. The number of thioether (sulfide) groups is 1. The first-order chi connectivity index (χ1) is 13.0. The average molecular weight is 389 g/mol. The Hall–Kier alpha value is -2.51. The number of benzene rings is 2. The number of methoxy groups -OCH3 is 1. The minimum atomic E-state index is -0.116. The zero-order valence-corrected chi connectivity index (χ0v) is 16.7. The molecule has 27 heavy (non-hydrogen) atoms. The first kappa shape index (κ1) is 20.8. The molecule has 2 rings (SSSR count). The second kappa shape index (κ2) is 10.6. The van der Waals surface area contributed by atoms with E-state index in [0.717, 1.165) is 26.8 Å². The summed E-state index contributed by atoms with van der Waals surface area (Å²) in [4.78, 5) is 26.2. The Morgan fingerprint density at radius 2 is 1.81 bits per heavy atom. The summed E-state index contributed by atoms with van der Waals surface area (Å²) in [5.74, 6) is 0.536. The first-order valence-corrected chi connectivity index (χ1v) is 9.88. The second-order valence-electron chi connectivity index (χ2n) is 6.19. The summed E-state index contributed by atoms with van der Waals surface area (Å²) < 4.78 is 5.17. The highest BCUT2D eigenvalue weighted by molar-refractivity contribution is 7.98. The van der Waals surface area contributed by atoms with Gasteiger partial charge in [-0.3, -0.25) is 9.59 Å². The Bertz CT molecular complexity index is 783. The van der Waals surface area contributed by atoms with Crippen molar-refractivity contribution in [3.63, 3.8) is 0 Å². The quantitative estimate of drug-likeness (QED) is 0.564. The van der Waals surface area contributed by atoms with Crippen LogP contribution in [0.15, 0.2) is 53.4 Å². The number of para-hydroxylation sites is 1. The number of nitrogens with one attached hydrogen (secondary N) is 3. The van der Waals surface area contributed by atoms with Crippen LogP contribution in [0.5, 0.6) is 5.75 Å². The predicted octanol–water partition coefficient (Wildman–Crippen LogP) is 1.19. The standard InChI is InChI=1S/C20H25N3O3S/c1-23(14-20(25)22-17-9-4-5-10-18(17)27-3)13-19(24)21-12-15-7-6-8-16(11-15)26-2/h4-11H,12-14H2,1-3H3,(H,21,24)(H,22,25)/p+1. The molecule has 144 valence electrons. The van der Waals surface area contributed by atoms with E-state index in [4.69, 9.17) is 4.74 Å². The summed E-state index contributed by atoms with van der Waals surface area (Å²) >= 11 is 1.58. The van der Waals surface area contributed by atoms with E-state index in [1.165, 1.54) is 0 Å². The molecule has 0 heterocycles. The van der Waals surface area contributed by atoms with Crippen molar-refractivity contribution in [3.05, 3.63) is 54.1 Å². The van der Waals surface area contributed by atoms with Crippen molar-refractivity contribution in [2.45, 2.75) is 11.4 Å². The zero-order valence-electron chi connectivity index (χ0n) is 15.9. The van der Waals surface area contributed by atoms with Gasteiger partial charge in [0, 0.05) is 11.4 Å². The minimum Gasteiger partial charge on any atom is -0.497 e. The monoisotopic (exact) mass is 388 g/mol. The molecule has 0 aliphatic rings. The van der Waals surface area contributed by atoms with Gasteiger partial charge < -0.3 is 20.3 Å². The Morgan fingerprint density at radius 1 is 1.07 bits per heavy atom. The number of rotatable bonds is 9. The molecule has 1 unspecified atom stereocenters. The van der Waals surface area contributed by atoms with E-state index in [-0.39, 0.29) is 24.9 Å². The van der Waals surface area contributed by atoms with Gasteiger partial charge in [-0.1, -0.05) is 24.3 Å². The minimum absolute atomic E-state index is 0.104. The van der Waals surface area contributed by atoms with Gasteiger partial charge in [-0.25, -0.2) is 0 Å². The fourth-order valence-corrected chi connectivity index (χ4v) is 3.15. The molecule has 2 amide bonds. The summed E-state index contributed by atoms with van der Waals surface area (Å²) in [6.45, 7) is 0.869. The van der Waals surface area contributed by atoms with Gasteiger partial charge in [-0.2, -0.15) is 0 Å². The van der Waals surface area contributed by atoms with Crippen molar-refractivity contribution in [1.82, 2.24) is 5.32 Å². The maximum atomic E-state index is 12.2. The predicted molar refractivity (Wildman–Crippen MR) is 108 cm³/mol. The SMILES string of the molecule is COc1cccc(CNC(=O)C[NH+](C)CC(=O)Nc2ccccc2SC)c1. The summed E-state index contributed by atoms with van der Waals surface area (Å²) in [6, 6.07) is 15.2. The highest BCUT2D eigenvalue weighted by Gasteiger charge is 2.15. The van der Waals surface area contributed by atoms with E-state index in [2.05, 4.69) is 10.6 Å². The molecule has 0 saturated heterocycles. The van der Waals surface area contributed by atoms with Crippen molar-refractivity contribution < 1.29 is 19.2 Å². The largest absolute Gasteiger partial charge is 0.497 e.